The number of hydrogen-bond donors (Lipinski definition) is 2. The quantitative estimate of drug-likeness (QED) is 0.539. The van der Waals surface area contributed by atoms with Crippen LogP contribution in [0.5, 0.6) is 0 Å². The number of aromatic nitrogens is 3. The van der Waals surface area contributed by atoms with Crippen LogP contribution in [-0.2, 0) is 16.4 Å². The molecule has 2 heterocycles. The van der Waals surface area contributed by atoms with Crippen LogP contribution < -0.4 is 11.3 Å². The molecule has 0 saturated carbocycles. The van der Waals surface area contributed by atoms with Crippen LogP contribution in [0.25, 0.3) is 10.9 Å². The Hall–Kier alpha value is -3.39. The summed E-state index contributed by atoms with van der Waals surface area (Å²) in [4.78, 5) is 12.5. The number of sulfone groups is 1. The van der Waals surface area contributed by atoms with Crippen molar-refractivity contribution in [3.05, 3.63) is 81.8 Å². The van der Waals surface area contributed by atoms with Crippen molar-refractivity contribution in [3.63, 3.8) is 0 Å². The predicted molar refractivity (Wildman–Crippen MR) is 112 cm³/mol. The minimum absolute atomic E-state index is 0.0136. The Labute approximate surface area is 167 Å². The Morgan fingerprint density at radius 1 is 1.00 bits per heavy atom. The third-order valence-corrected chi connectivity index (χ3v) is 6.79. The topological polar surface area (TPSA) is 111 Å². The van der Waals surface area contributed by atoms with Gasteiger partial charge in [0.15, 0.2) is 0 Å². The number of aryl methyl sites for hydroxylation is 2. The van der Waals surface area contributed by atoms with Gasteiger partial charge in [-0.25, -0.2) is 13.5 Å². The van der Waals surface area contributed by atoms with E-state index >= 15 is 0 Å². The maximum absolute atomic E-state index is 13.4. The number of nitrogen functional groups attached to an aromatic ring is 1. The fraction of sp³-hybridized carbons (Fsp3) is 0.143. The number of hydrogen-bond acceptors (Lipinski definition) is 5. The normalized spacial score (nSPS) is 11.8. The van der Waals surface area contributed by atoms with Crippen molar-refractivity contribution in [2.75, 3.05) is 5.73 Å². The molecular weight excluding hydrogens is 388 g/mol. The van der Waals surface area contributed by atoms with Crippen molar-refractivity contribution in [2.24, 2.45) is 0 Å². The molecule has 0 aliphatic rings. The number of benzene rings is 2. The third-order valence-electron chi connectivity index (χ3n) is 4.93. The molecule has 0 spiro atoms. The number of nitrogens with zero attached hydrogens (tertiary/aromatic N) is 2. The number of aromatic amines is 1. The molecule has 3 N–H and O–H groups in total. The highest BCUT2D eigenvalue weighted by Crippen LogP contribution is 2.34. The van der Waals surface area contributed by atoms with Gasteiger partial charge in [-0.1, -0.05) is 47.5 Å². The molecule has 0 atom stereocenters. The van der Waals surface area contributed by atoms with Crippen molar-refractivity contribution >= 4 is 26.6 Å². The van der Waals surface area contributed by atoms with Crippen molar-refractivity contribution in [1.29, 1.82) is 0 Å². The first-order chi connectivity index (χ1) is 13.8. The summed E-state index contributed by atoms with van der Waals surface area (Å²) in [6.45, 7) is 4.12. The van der Waals surface area contributed by atoms with E-state index in [1.165, 1.54) is 22.9 Å². The molecule has 0 aliphatic heterocycles. The Bertz CT molecular complexity index is 1370. The summed E-state index contributed by atoms with van der Waals surface area (Å²) in [6, 6.07) is 14.3. The third kappa shape index (κ3) is 3.21. The minimum atomic E-state index is -3.95. The van der Waals surface area contributed by atoms with Gasteiger partial charge in [0.05, 0.1) is 11.1 Å². The lowest BCUT2D eigenvalue weighted by atomic mass is 10.1. The Balaban J connectivity index is 1.97. The molecule has 0 saturated heterocycles. The zero-order chi connectivity index (χ0) is 20.8. The average molecular weight is 408 g/mol. The molecule has 0 aliphatic carbocycles. The first-order valence-corrected chi connectivity index (χ1v) is 10.5. The lowest BCUT2D eigenvalue weighted by Crippen LogP contribution is -2.14. The summed E-state index contributed by atoms with van der Waals surface area (Å²) in [5.41, 5.74) is 8.95. The zero-order valence-corrected chi connectivity index (χ0v) is 16.8. The van der Waals surface area contributed by atoms with Crippen LogP contribution >= 0.6 is 0 Å². The fourth-order valence-corrected chi connectivity index (χ4v) is 4.92. The fourth-order valence-electron chi connectivity index (χ4n) is 3.36. The van der Waals surface area contributed by atoms with E-state index in [4.69, 9.17) is 5.73 Å². The molecule has 4 rings (SSSR count). The zero-order valence-electron chi connectivity index (χ0n) is 16.0. The molecule has 4 aromatic rings. The molecule has 7 nitrogen and oxygen atoms in total. The van der Waals surface area contributed by atoms with E-state index in [1.807, 2.05) is 38.1 Å². The van der Waals surface area contributed by atoms with E-state index in [9.17, 15) is 13.2 Å². The summed E-state index contributed by atoms with van der Waals surface area (Å²) < 4.78 is 28.3. The predicted octanol–water partition coefficient (Wildman–Crippen LogP) is 2.80. The van der Waals surface area contributed by atoms with Crippen molar-refractivity contribution in [2.45, 2.75) is 30.2 Å². The maximum Gasteiger partial charge on any atom is 0.288 e. The molecule has 0 unspecified atom stereocenters. The highest BCUT2D eigenvalue weighted by Gasteiger charge is 2.29. The number of fused-ring (bicyclic) bond motifs is 1. The monoisotopic (exact) mass is 408 g/mol. The van der Waals surface area contributed by atoms with Gasteiger partial charge < -0.3 is 10.3 Å². The molecule has 2 aromatic carbocycles. The molecule has 2 aromatic heterocycles. The van der Waals surface area contributed by atoms with Gasteiger partial charge in [0, 0.05) is 11.9 Å². The van der Waals surface area contributed by atoms with Gasteiger partial charge in [0.1, 0.15) is 16.2 Å². The van der Waals surface area contributed by atoms with E-state index in [0.717, 1.165) is 16.7 Å². The summed E-state index contributed by atoms with van der Waals surface area (Å²) in [6.07, 6.45) is 1.33. The molecule has 8 heteroatoms. The van der Waals surface area contributed by atoms with Crippen molar-refractivity contribution < 1.29 is 8.42 Å². The number of nitrogens with one attached hydrogen (secondary N) is 1. The summed E-state index contributed by atoms with van der Waals surface area (Å²) >= 11 is 0. The van der Waals surface area contributed by atoms with Gasteiger partial charge in [0.2, 0.25) is 9.84 Å². The number of anilines is 1. The van der Waals surface area contributed by atoms with Crippen LogP contribution in [0.15, 0.2) is 69.3 Å². The maximum atomic E-state index is 13.4. The standard InChI is InChI=1S/C21H20N4O3S/c1-13-3-7-15(8-4-13)12-25-18-17(11-23-24-21(18)26)19(20(25)22)29(27,28)16-9-5-14(2)6-10-16/h3-11H,12,22H2,1-2H3,(H,24,26). The summed E-state index contributed by atoms with van der Waals surface area (Å²) in [5.74, 6) is 0.0136. The largest absolute Gasteiger partial charge is 0.384 e. The number of rotatable bonds is 4. The molecule has 148 valence electrons. The van der Waals surface area contributed by atoms with Gasteiger partial charge in [-0.2, -0.15) is 5.10 Å². The average Bonchev–Trinajstić information content (AvgIpc) is 2.97. The van der Waals surface area contributed by atoms with Crippen LogP contribution in [-0.4, -0.2) is 23.2 Å². The van der Waals surface area contributed by atoms with Crippen LogP contribution in [0, 0.1) is 13.8 Å². The van der Waals surface area contributed by atoms with Gasteiger partial charge in [-0.05, 0) is 31.5 Å². The molecular formula is C21H20N4O3S. The van der Waals surface area contributed by atoms with Crippen molar-refractivity contribution in [3.8, 4) is 0 Å². The highest BCUT2D eigenvalue weighted by molar-refractivity contribution is 7.92. The van der Waals surface area contributed by atoms with Gasteiger partial charge >= 0.3 is 0 Å². The summed E-state index contributed by atoms with van der Waals surface area (Å²) in [5, 5.41) is 6.38. The van der Waals surface area contributed by atoms with Crippen LogP contribution in [0.2, 0.25) is 0 Å². The van der Waals surface area contributed by atoms with Crippen LogP contribution in [0.3, 0.4) is 0 Å². The van der Waals surface area contributed by atoms with E-state index in [-0.39, 0.29) is 33.1 Å². The second kappa shape index (κ2) is 6.89. The number of nitrogens with two attached hydrogens (primary N) is 1. The Morgan fingerprint density at radius 2 is 1.59 bits per heavy atom. The van der Waals surface area contributed by atoms with E-state index < -0.39 is 15.4 Å². The van der Waals surface area contributed by atoms with Crippen LogP contribution in [0.4, 0.5) is 5.82 Å². The molecule has 0 amide bonds. The minimum Gasteiger partial charge on any atom is -0.384 e. The number of H-pyrrole nitrogens is 1. The van der Waals surface area contributed by atoms with Gasteiger partial charge in [-0.15, -0.1) is 0 Å². The first-order valence-electron chi connectivity index (χ1n) is 9.01. The van der Waals surface area contributed by atoms with Gasteiger partial charge in [0.25, 0.3) is 5.56 Å². The summed E-state index contributed by atoms with van der Waals surface area (Å²) in [7, 11) is -3.95. The Kier molecular flexibility index (Phi) is 4.50. The molecule has 0 fully saturated rings. The van der Waals surface area contributed by atoms with Crippen LogP contribution in [0.1, 0.15) is 16.7 Å². The van der Waals surface area contributed by atoms with E-state index in [1.54, 1.807) is 12.1 Å². The Morgan fingerprint density at radius 3 is 2.21 bits per heavy atom. The molecule has 29 heavy (non-hydrogen) atoms. The first kappa shape index (κ1) is 18.9. The highest BCUT2D eigenvalue weighted by atomic mass is 32.2. The second-order valence-corrected chi connectivity index (χ2v) is 8.95. The SMILES string of the molecule is Cc1ccc(Cn2c(N)c(S(=O)(=O)c3ccc(C)cc3)c3cn[nH]c(=O)c32)cc1. The second-order valence-electron chi connectivity index (χ2n) is 7.06. The van der Waals surface area contributed by atoms with E-state index in [0.29, 0.717) is 0 Å². The lowest BCUT2D eigenvalue weighted by molar-refractivity contribution is 0.597. The van der Waals surface area contributed by atoms with Gasteiger partial charge in [-0.3, -0.25) is 4.79 Å². The molecule has 0 radical (unpaired) electrons. The van der Waals surface area contributed by atoms with Crippen molar-refractivity contribution in [1.82, 2.24) is 14.8 Å². The lowest BCUT2D eigenvalue weighted by Gasteiger charge is -2.09. The smallest absolute Gasteiger partial charge is 0.288 e. The molecule has 0 bridgehead atoms. The van der Waals surface area contributed by atoms with E-state index in [2.05, 4.69) is 10.2 Å².